The molecule has 148 valence electrons. The van der Waals surface area contributed by atoms with E-state index in [-0.39, 0.29) is 17.0 Å². The van der Waals surface area contributed by atoms with Crippen LogP contribution in [0.15, 0.2) is 9.70 Å². The fourth-order valence-electron chi connectivity index (χ4n) is 3.66. The van der Waals surface area contributed by atoms with Crippen LogP contribution in [0.3, 0.4) is 0 Å². The molecule has 3 heterocycles. The Morgan fingerprint density at radius 1 is 1.29 bits per heavy atom. The molecule has 3 rings (SSSR count). The van der Waals surface area contributed by atoms with Crippen molar-refractivity contribution >= 4 is 46.1 Å². The molecular formula is C20H24N4O2S2. The van der Waals surface area contributed by atoms with Gasteiger partial charge in [-0.1, -0.05) is 37.3 Å². The second-order valence-electron chi connectivity index (χ2n) is 7.09. The summed E-state index contributed by atoms with van der Waals surface area (Å²) in [4.78, 5) is 29.9. The van der Waals surface area contributed by atoms with Gasteiger partial charge in [-0.3, -0.25) is 19.1 Å². The van der Waals surface area contributed by atoms with Gasteiger partial charge in [-0.05, 0) is 37.8 Å². The van der Waals surface area contributed by atoms with Gasteiger partial charge >= 0.3 is 0 Å². The molecule has 8 heteroatoms. The number of hydrogen-bond acceptors (Lipinski definition) is 6. The number of thiocarbonyl (C=S) groups is 1. The van der Waals surface area contributed by atoms with Crippen molar-refractivity contribution in [2.45, 2.75) is 39.5 Å². The summed E-state index contributed by atoms with van der Waals surface area (Å²) in [6.07, 6.45) is 5.82. The van der Waals surface area contributed by atoms with E-state index >= 15 is 0 Å². The number of aromatic nitrogens is 1. The molecule has 28 heavy (non-hydrogen) atoms. The largest absolute Gasteiger partial charge is 0.357 e. The average Bonchev–Trinajstić information content (AvgIpc) is 3.28. The third-order valence-corrected chi connectivity index (χ3v) is 6.64. The number of carbonyl (C=O) groups excluding carboxylic acids is 1. The Morgan fingerprint density at radius 3 is 2.57 bits per heavy atom. The number of nitriles is 1. The molecule has 1 aromatic rings. The first-order chi connectivity index (χ1) is 13.4. The molecule has 0 bridgehead atoms. The second kappa shape index (κ2) is 8.50. The molecule has 2 aliphatic rings. The van der Waals surface area contributed by atoms with Crippen LogP contribution in [-0.2, 0) is 11.8 Å². The van der Waals surface area contributed by atoms with Gasteiger partial charge in [-0.25, -0.2) is 0 Å². The van der Waals surface area contributed by atoms with E-state index in [1.54, 1.807) is 23.4 Å². The van der Waals surface area contributed by atoms with Crippen molar-refractivity contribution in [2.75, 3.05) is 24.5 Å². The van der Waals surface area contributed by atoms with Crippen LogP contribution >= 0.6 is 24.0 Å². The summed E-state index contributed by atoms with van der Waals surface area (Å²) in [6, 6.07) is 2.04. The first kappa shape index (κ1) is 20.6. The van der Waals surface area contributed by atoms with Crippen molar-refractivity contribution in [1.82, 2.24) is 9.47 Å². The van der Waals surface area contributed by atoms with E-state index in [1.807, 2.05) is 12.1 Å². The van der Waals surface area contributed by atoms with Crippen LogP contribution in [0, 0.1) is 18.3 Å². The zero-order valence-corrected chi connectivity index (χ0v) is 18.1. The summed E-state index contributed by atoms with van der Waals surface area (Å²) in [7, 11) is 1.69. The number of rotatable bonds is 5. The molecule has 2 saturated heterocycles. The molecule has 0 unspecified atom stereocenters. The number of carbonyl (C=O) groups is 1. The van der Waals surface area contributed by atoms with Crippen LogP contribution in [0.4, 0.5) is 5.82 Å². The van der Waals surface area contributed by atoms with Gasteiger partial charge in [0.05, 0.1) is 4.91 Å². The molecule has 2 aliphatic heterocycles. The quantitative estimate of drug-likeness (QED) is 0.542. The Labute approximate surface area is 174 Å². The molecule has 2 fully saturated rings. The molecule has 0 saturated carbocycles. The SMILES string of the molecule is CCCCN1C(=O)C(=Cc2c(C)c(C#N)c(=O)n(C)c2N2CCCC2)SC1=S. The molecule has 1 amide bonds. The van der Waals surface area contributed by atoms with E-state index < -0.39 is 0 Å². The summed E-state index contributed by atoms with van der Waals surface area (Å²) in [5.41, 5.74) is 1.20. The van der Waals surface area contributed by atoms with Crippen LogP contribution in [0.25, 0.3) is 6.08 Å². The summed E-state index contributed by atoms with van der Waals surface area (Å²) >= 11 is 6.69. The summed E-state index contributed by atoms with van der Waals surface area (Å²) < 4.78 is 2.11. The molecule has 0 atom stereocenters. The van der Waals surface area contributed by atoms with Crippen LogP contribution < -0.4 is 10.5 Å². The van der Waals surface area contributed by atoms with Gasteiger partial charge in [0.25, 0.3) is 11.5 Å². The lowest BCUT2D eigenvalue weighted by Gasteiger charge is -2.25. The minimum atomic E-state index is -0.297. The highest BCUT2D eigenvalue weighted by atomic mass is 32.2. The molecule has 6 nitrogen and oxygen atoms in total. The Bertz CT molecular complexity index is 952. The predicted octanol–water partition coefficient (Wildman–Crippen LogP) is 3.17. The molecule has 0 spiro atoms. The Balaban J connectivity index is 2.13. The molecule has 1 aromatic heterocycles. The van der Waals surface area contributed by atoms with E-state index in [0.717, 1.165) is 50.2 Å². The fourth-order valence-corrected chi connectivity index (χ4v) is 4.95. The fraction of sp³-hybridized carbons (Fsp3) is 0.500. The highest BCUT2D eigenvalue weighted by Gasteiger charge is 2.32. The maximum atomic E-state index is 12.9. The normalized spacial score (nSPS) is 18.4. The van der Waals surface area contributed by atoms with Crippen molar-refractivity contribution in [1.29, 1.82) is 5.26 Å². The van der Waals surface area contributed by atoms with Crippen molar-refractivity contribution in [3.8, 4) is 6.07 Å². The Morgan fingerprint density at radius 2 is 1.96 bits per heavy atom. The number of amides is 1. The van der Waals surface area contributed by atoms with Crippen molar-refractivity contribution in [2.24, 2.45) is 7.05 Å². The van der Waals surface area contributed by atoms with Gasteiger partial charge < -0.3 is 4.90 Å². The highest BCUT2D eigenvalue weighted by Crippen LogP contribution is 2.36. The van der Waals surface area contributed by atoms with E-state index in [0.29, 0.717) is 21.3 Å². The summed E-state index contributed by atoms with van der Waals surface area (Å²) in [5.74, 6) is 0.681. The molecule has 0 aromatic carbocycles. The van der Waals surface area contributed by atoms with E-state index in [1.165, 1.54) is 11.8 Å². The van der Waals surface area contributed by atoms with Gasteiger partial charge in [0.1, 0.15) is 21.8 Å². The van der Waals surface area contributed by atoms with Gasteiger partial charge in [0.15, 0.2) is 0 Å². The van der Waals surface area contributed by atoms with Gasteiger partial charge in [0.2, 0.25) is 0 Å². The first-order valence-corrected chi connectivity index (χ1v) is 10.8. The second-order valence-corrected chi connectivity index (χ2v) is 8.77. The van der Waals surface area contributed by atoms with Crippen molar-refractivity contribution < 1.29 is 4.79 Å². The maximum absolute atomic E-state index is 12.9. The lowest BCUT2D eigenvalue weighted by Crippen LogP contribution is -2.31. The third kappa shape index (κ3) is 3.61. The first-order valence-electron chi connectivity index (χ1n) is 9.54. The summed E-state index contributed by atoms with van der Waals surface area (Å²) in [6.45, 7) is 6.19. The molecule has 0 radical (unpaired) electrons. The Hall–Kier alpha value is -2.11. The number of hydrogen-bond donors (Lipinski definition) is 0. The van der Waals surface area contributed by atoms with Crippen molar-refractivity contribution in [3.63, 3.8) is 0 Å². The smallest absolute Gasteiger partial charge is 0.270 e. The van der Waals surface area contributed by atoms with Crippen LogP contribution in [0.1, 0.15) is 49.3 Å². The maximum Gasteiger partial charge on any atom is 0.270 e. The zero-order valence-electron chi connectivity index (χ0n) is 16.4. The zero-order chi connectivity index (χ0) is 20.4. The average molecular weight is 417 g/mol. The van der Waals surface area contributed by atoms with E-state index in [2.05, 4.69) is 11.8 Å². The van der Waals surface area contributed by atoms with Crippen LogP contribution in [0.5, 0.6) is 0 Å². The van der Waals surface area contributed by atoms with Gasteiger partial charge in [0, 0.05) is 32.2 Å². The Kier molecular flexibility index (Phi) is 6.26. The molecule has 0 aliphatic carbocycles. The van der Waals surface area contributed by atoms with Gasteiger partial charge in [-0.15, -0.1) is 0 Å². The van der Waals surface area contributed by atoms with Crippen LogP contribution in [0.2, 0.25) is 0 Å². The number of thioether (sulfide) groups is 1. The lowest BCUT2D eigenvalue weighted by atomic mass is 10.0. The number of unbranched alkanes of at least 4 members (excludes halogenated alkanes) is 1. The highest BCUT2D eigenvalue weighted by molar-refractivity contribution is 8.26. The van der Waals surface area contributed by atoms with Gasteiger partial charge in [-0.2, -0.15) is 5.26 Å². The minimum Gasteiger partial charge on any atom is -0.357 e. The standard InChI is InChI=1S/C20H24N4O2S2/c1-4-5-10-24-19(26)16(28-20(24)27)11-14-13(2)15(12-21)18(25)22(3)17(14)23-8-6-7-9-23/h11H,4-10H2,1-3H3. The lowest BCUT2D eigenvalue weighted by molar-refractivity contribution is -0.122. The molecular weight excluding hydrogens is 392 g/mol. The van der Waals surface area contributed by atoms with E-state index in [4.69, 9.17) is 12.2 Å². The van der Waals surface area contributed by atoms with E-state index in [9.17, 15) is 14.9 Å². The topological polar surface area (TPSA) is 69.3 Å². The number of nitrogens with zero attached hydrogens (tertiary/aromatic N) is 4. The number of anilines is 1. The van der Waals surface area contributed by atoms with Crippen molar-refractivity contribution in [3.05, 3.63) is 31.9 Å². The van der Waals surface area contributed by atoms with Crippen LogP contribution in [-0.4, -0.2) is 39.3 Å². The minimum absolute atomic E-state index is 0.0948. The predicted molar refractivity (Wildman–Crippen MR) is 117 cm³/mol. The molecule has 0 N–H and O–H groups in total. The number of pyridine rings is 1. The third-order valence-electron chi connectivity index (χ3n) is 5.26. The summed E-state index contributed by atoms with van der Waals surface area (Å²) in [5, 5.41) is 9.50. The monoisotopic (exact) mass is 416 g/mol.